The molecule has 0 spiro atoms. The molecule has 0 radical (unpaired) electrons. The highest BCUT2D eigenvalue weighted by atomic mass is 79.9. The van der Waals surface area contributed by atoms with Crippen LogP contribution in [-0.4, -0.2) is 31.2 Å². The smallest absolute Gasteiger partial charge is 0.274 e. The van der Waals surface area contributed by atoms with E-state index in [0.717, 1.165) is 6.07 Å². The Hall–Kier alpha value is -4.30. The quantitative estimate of drug-likeness (QED) is 0.291. The highest BCUT2D eigenvalue weighted by Gasteiger charge is 2.15. The van der Waals surface area contributed by atoms with E-state index >= 15 is 0 Å². The summed E-state index contributed by atoms with van der Waals surface area (Å²) in [4.78, 5) is 24.4. The first-order chi connectivity index (χ1) is 17.3. The molecule has 0 heterocycles. The van der Waals surface area contributed by atoms with Crippen molar-refractivity contribution >= 4 is 39.6 Å². The van der Waals surface area contributed by atoms with Crippen LogP contribution in [0, 0.1) is 23.0 Å². The minimum absolute atomic E-state index is 0.0936. The molecule has 3 aromatic carbocycles. The fraction of sp³-hybridized carbons (Fsp3) is 0.120. The van der Waals surface area contributed by atoms with E-state index in [1.165, 1.54) is 42.6 Å². The maximum absolute atomic E-state index is 14.0. The number of hydrogen-bond acceptors (Lipinski definition) is 6. The van der Waals surface area contributed by atoms with Gasteiger partial charge in [0.1, 0.15) is 11.6 Å². The number of anilines is 1. The van der Waals surface area contributed by atoms with Crippen LogP contribution >= 0.6 is 15.9 Å². The van der Waals surface area contributed by atoms with Gasteiger partial charge in [-0.05, 0) is 83.0 Å². The molecule has 11 heteroatoms. The molecule has 2 amide bonds. The van der Waals surface area contributed by atoms with Crippen molar-refractivity contribution in [1.82, 2.24) is 5.43 Å². The second-order valence-corrected chi connectivity index (χ2v) is 7.97. The fourth-order valence-corrected chi connectivity index (χ4v) is 3.50. The Bertz CT molecular complexity index is 1340. The summed E-state index contributed by atoms with van der Waals surface area (Å²) in [5.41, 5.74) is 2.98. The first-order valence-corrected chi connectivity index (χ1v) is 11.3. The summed E-state index contributed by atoms with van der Waals surface area (Å²) in [7, 11) is 0. The zero-order valence-corrected chi connectivity index (χ0v) is 20.4. The van der Waals surface area contributed by atoms with Crippen LogP contribution in [0.15, 0.2) is 64.2 Å². The average Bonchev–Trinajstić information content (AvgIpc) is 2.85. The summed E-state index contributed by atoms with van der Waals surface area (Å²) in [6, 6.07) is 13.8. The molecule has 0 unspecified atom stereocenters. The van der Waals surface area contributed by atoms with Gasteiger partial charge in [-0.3, -0.25) is 9.59 Å². The minimum atomic E-state index is -0.840. The van der Waals surface area contributed by atoms with E-state index < -0.39 is 23.4 Å². The summed E-state index contributed by atoms with van der Waals surface area (Å²) in [5.74, 6) is -1.92. The van der Waals surface area contributed by atoms with E-state index in [1.54, 1.807) is 25.1 Å². The van der Waals surface area contributed by atoms with Crippen LogP contribution in [0.3, 0.4) is 0 Å². The van der Waals surface area contributed by atoms with Crippen LogP contribution in [-0.2, 0) is 4.79 Å². The van der Waals surface area contributed by atoms with Crippen LogP contribution in [0.5, 0.6) is 11.5 Å². The molecule has 0 saturated heterocycles. The monoisotopic (exact) mass is 556 g/mol. The molecular weight excluding hydrogens is 538 g/mol. The number of halogens is 3. The van der Waals surface area contributed by atoms with Gasteiger partial charge in [0, 0.05) is 5.69 Å². The Kier molecular flexibility index (Phi) is 9.07. The number of nitriles is 1. The van der Waals surface area contributed by atoms with E-state index in [1.807, 2.05) is 0 Å². The predicted octanol–water partition coefficient (Wildman–Crippen LogP) is 4.78. The van der Waals surface area contributed by atoms with Crippen molar-refractivity contribution < 1.29 is 27.8 Å². The molecule has 36 heavy (non-hydrogen) atoms. The number of ether oxygens (including phenoxy) is 2. The third-order valence-electron chi connectivity index (χ3n) is 4.53. The Balaban J connectivity index is 1.67. The number of nitrogens with one attached hydrogen (secondary N) is 2. The van der Waals surface area contributed by atoms with Gasteiger partial charge >= 0.3 is 0 Å². The molecule has 0 aliphatic heterocycles. The molecular formula is C25H19BrF2N4O4. The number of rotatable bonds is 9. The SMILES string of the molecule is CCOc1cc(/C=N\NC(=O)c2ccc(C#N)cc2F)cc(Br)c1OCC(=O)Nc1ccc(F)cc1. The molecule has 0 aliphatic carbocycles. The minimum Gasteiger partial charge on any atom is -0.490 e. The summed E-state index contributed by atoms with van der Waals surface area (Å²) in [5, 5.41) is 15.2. The Morgan fingerprint density at radius 2 is 1.86 bits per heavy atom. The molecule has 0 fully saturated rings. The van der Waals surface area contributed by atoms with Crippen molar-refractivity contribution in [3.05, 3.63) is 87.4 Å². The Morgan fingerprint density at radius 3 is 2.53 bits per heavy atom. The van der Waals surface area contributed by atoms with Crippen LogP contribution in [0.25, 0.3) is 0 Å². The van der Waals surface area contributed by atoms with E-state index in [-0.39, 0.29) is 23.5 Å². The molecule has 0 aromatic heterocycles. The first-order valence-electron chi connectivity index (χ1n) is 10.5. The maximum atomic E-state index is 14.0. The molecule has 2 N–H and O–H groups in total. The topological polar surface area (TPSA) is 113 Å². The number of carbonyl (C=O) groups excluding carboxylic acids is 2. The largest absolute Gasteiger partial charge is 0.490 e. The summed E-state index contributed by atoms with van der Waals surface area (Å²) < 4.78 is 38.7. The predicted molar refractivity (Wildman–Crippen MR) is 132 cm³/mol. The van der Waals surface area contributed by atoms with Gasteiger partial charge in [-0.25, -0.2) is 14.2 Å². The molecule has 3 aromatic rings. The van der Waals surface area contributed by atoms with Crippen LogP contribution in [0.2, 0.25) is 0 Å². The summed E-state index contributed by atoms with van der Waals surface area (Å²) >= 11 is 3.37. The lowest BCUT2D eigenvalue weighted by atomic mass is 10.1. The van der Waals surface area contributed by atoms with E-state index in [2.05, 4.69) is 31.8 Å². The standard InChI is InChI=1S/C25H19BrF2N4O4/c1-2-35-22-11-16(13-30-32-25(34)19-8-3-15(12-29)10-21(19)28)9-20(26)24(22)36-14-23(33)31-18-6-4-17(27)5-7-18/h3-11,13H,2,14H2,1H3,(H,31,33)(H,32,34)/b30-13-. The van der Waals surface area contributed by atoms with E-state index in [9.17, 15) is 18.4 Å². The maximum Gasteiger partial charge on any atom is 0.274 e. The van der Waals surface area contributed by atoms with Crippen molar-refractivity contribution in [3.63, 3.8) is 0 Å². The van der Waals surface area contributed by atoms with Crippen LogP contribution in [0.1, 0.15) is 28.4 Å². The van der Waals surface area contributed by atoms with Gasteiger partial charge in [0.05, 0.1) is 34.5 Å². The molecule has 8 nitrogen and oxygen atoms in total. The number of nitrogens with zero attached hydrogens (tertiary/aromatic N) is 2. The first kappa shape index (κ1) is 26.3. The molecule has 0 aliphatic rings. The zero-order valence-electron chi connectivity index (χ0n) is 18.8. The lowest BCUT2D eigenvalue weighted by Gasteiger charge is -2.14. The number of benzene rings is 3. The second-order valence-electron chi connectivity index (χ2n) is 7.11. The lowest BCUT2D eigenvalue weighted by Crippen LogP contribution is -2.20. The van der Waals surface area contributed by atoms with Crippen molar-refractivity contribution in [2.75, 3.05) is 18.5 Å². The van der Waals surface area contributed by atoms with Crippen LogP contribution in [0.4, 0.5) is 14.5 Å². The van der Waals surface area contributed by atoms with Crippen molar-refractivity contribution in [1.29, 1.82) is 5.26 Å². The normalized spacial score (nSPS) is 10.5. The van der Waals surface area contributed by atoms with Gasteiger partial charge < -0.3 is 14.8 Å². The van der Waals surface area contributed by atoms with Gasteiger partial charge in [0.2, 0.25) is 0 Å². The highest BCUT2D eigenvalue weighted by molar-refractivity contribution is 9.10. The number of hydrogen-bond donors (Lipinski definition) is 2. The summed E-state index contributed by atoms with van der Waals surface area (Å²) in [6.45, 7) is 1.74. The van der Waals surface area contributed by atoms with Crippen molar-refractivity contribution in [3.8, 4) is 17.6 Å². The highest BCUT2D eigenvalue weighted by Crippen LogP contribution is 2.36. The molecule has 184 valence electrons. The van der Waals surface area contributed by atoms with Gasteiger partial charge in [-0.1, -0.05) is 0 Å². The second kappa shape index (κ2) is 12.4. The molecule has 0 bridgehead atoms. The lowest BCUT2D eigenvalue weighted by molar-refractivity contribution is -0.118. The van der Waals surface area contributed by atoms with Gasteiger partial charge in [-0.15, -0.1) is 0 Å². The average molecular weight is 557 g/mol. The van der Waals surface area contributed by atoms with Gasteiger partial charge in [-0.2, -0.15) is 10.4 Å². The van der Waals surface area contributed by atoms with Gasteiger partial charge in [0.15, 0.2) is 18.1 Å². The van der Waals surface area contributed by atoms with E-state index in [4.69, 9.17) is 14.7 Å². The van der Waals surface area contributed by atoms with Crippen molar-refractivity contribution in [2.45, 2.75) is 6.92 Å². The van der Waals surface area contributed by atoms with Crippen molar-refractivity contribution in [2.24, 2.45) is 5.10 Å². The zero-order chi connectivity index (χ0) is 26.1. The van der Waals surface area contributed by atoms with Crippen LogP contribution < -0.4 is 20.2 Å². The molecule has 3 rings (SSSR count). The Morgan fingerprint density at radius 1 is 1.11 bits per heavy atom. The number of amides is 2. The van der Waals surface area contributed by atoms with E-state index in [0.29, 0.717) is 28.1 Å². The van der Waals surface area contributed by atoms with Gasteiger partial charge in [0.25, 0.3) is 11.8 Å². The summed E-state index contributed by atoms with van der Waals surface area (Å²) in [6.07, 6.45) is 1.32. The molecule has 0 saturated carbocycles. The molecule has 0 atom stereocenters. The Labute approximate surface area is 213 Å². The number of carbonyl (C=O) groups is 2. The third kappa shape index (κ3) is 7.10. The third-order valence-corrected chi connectivity index (χ3v) is 5.12. The fourth-order valence-electron chi connectivity index (χ4n) is 2.93. The number of hydrazone groups is 1.